The average molecular weight is 626 g/mol. The van der Waals surface area contributed by atoms with E-state index in [-0.39, 0.29) is 29.0 Å². The first-order valence-corrected chi connectivity index (χ1v) is 17.3. The largest absolute Gasteiger partial charge is 0.492 e. The zero-order valence-corrected chi connectivity index (χ0v) is 27.3. The molecule has 1 atom stereocenters. The van der Waals surface area contributed by atoms with E-state index in [1.54, 1.807) is 48.5 Å². The van der Waals surface area contributed by atoms with Gasteiger partial charge in [-0.1, -0.05) is 63.2 Å². The van der Waals surface area contributed by atoms with E-state index < -0.39 is 28.5 Å². The van der Waals surface area contributed by atoms with Crippen LogP contribution in [0.1, 0.15) is 39.7 Å². The zero-order valence-electron chi connectivity index (χ0n) is 25.7. The van der Waals surface area contributed by atoms with E-state index in [1.807, 2.05) is 64.3 Å². The minimum Gasteiger partial charge on any atom is -0.492 e. The van der Waals surface area contributed by atoms with Crippen LogP contribution in [0.5, 0.6) is 5.75 Å². The molecule has 0 aliphatic heterocycles. The van der Waals surface area contributed by atoms with Crippen LogP contribution < -0.4 is 14.4 Å². The number of benzene rings is 3. The second kappa shape index (κ2) is 16.4. The third-order valence-electron chi connectivity index (χ3n) is 6.91. The minimum absolute atomic E-state index is 0.0574. The second-order valence-electron chi connectivity index (χ2n) is 10.5. The first-order valence-electron chi connectivity index (χ1n) is 14.6. The molecule has 0 aromatic heterocycles. The maximum atomic E-state index is 14.2. The number of hydrogen-bond donors (Lipinski definition) is 1. The third kappa shape index (κ3) is 9.24. The van der Waals surface area contributed by atoms with Gasteiger partial charge < -0.3 is 15.0 Å². The Labute approximate surface area is 260 Å². The Hall–Kier alpha value is -3.50. The smallest absolute Gasteiger partial charge is 0.264 e. The number of carbonyl (C=O) groups excluding carboxylic acids is 2. The lowest BCUT2D eigenvalue weighted by atomic mass is 10.1. The molecule has 0 bridgehead atoms. The number of hydrogen-bond acceptors (Lipinski definition) is 6. The topological polar surface area (TPSA) is 96.0 Å². The molecule has 1 N–H and O–H groups in total. The lowest BCUT2D eigenvalue weighted by Gasteiger charge is -2.33. The molecule has 0 saturated heterocycles. The Balaban J connectivity index is 2.05. The Morgan fingerprint density at radius 3 is 2.19 bits per heavy atom. The fourth-order valence-corrected chi connectivity index (χ4v) is 6.48. The highest BCUT2D eigenvalue weighted by molar-refractivity contribution is 7.98. The van der Waals surface area contributed by atoms with Crippen LogP contribution in [0.2, 0.25) is 0 Å². The van der Waals surface area contributed by atoms with Crippen molar-refractivity contribution in [3.05, 3.63) is 84.4 Å². The predicted octanol–water partition coefficient (Wildman–Crippen LogP) is 5.62. The van der Waals surface area contributed by atoms with Crippen molar-refractivity contribution < 1.29 is 22.7 Å². The molecule has 10 heteroatoms. The van der Waals surface area contributed by atoms with Crippen LogP contribution in [-0.4, -0.2) is 63.7 Å². The Kier molecular flexibility index (Phi) is 12.9. The molecule has 0 spiro atoms. The highest BCUT2D eigenvalue weighted by Crippen LogP contribution is 2.33. The molecule has 3 aromatic rings. The van der Waals surface area contributed by atoms with Gasteiger partial charge in [-0.15, -0.1) is 11.8 Å². The summed E-state index contributed by atoms with van der Waals surface area (Å²) in [6.45, 7) is 8.22. The van der Waals surface area contributed by atoms with Gasteiger partial charge in [0.15, 0.2) is 0 Å². The molecule has 0 saturated carbocycles. The Bertz CT molecular complexity index is 1430. The van der Waals surface area contributed by atoms with Gasteiger partial charge in [-0.05, 0) is 73.9 Å². The van der Waals surface area contributed by atoms with Crippen molar-refractivity contribution in [2.45, 2.75) is 56.4 Å². The number of carbonyl (C=O) groups is 2. The summed E-state index contributed by atoms with van der Waals surface area (Å²) in [6, 6.07) is 22.3. The molecule has 2 amide bonds. The number of anilines is 1. The van der Waals surface area contributed by atoms with Crippen molar-refractivity contribution in [2.75, 3.05) is 36.8 Å². The Morgan fingerprint density at radius 1 is 0.930 bits per heavy atom. The van der Waals surface area contributed by atoms with Crippen LogP contribution in [0.25, 0.3) is 0 Å². The highest BCUT2D eigenvalue weighted by Gasteiger charge is 2.34. The summed E-state index contributed by atoms with van der Waals surface area (Å²) in [5.41, 5.74) is 1.27. The molecular formula is C33H43N3O5S2. The Morgan fingerprint density at radius 2 is 1.58 bits per heavy atom. The van der Waals surface area contributed by atoms with Crippen molar-refractivity contribution in [2.24, 2.45) is 5.92 Å². The summed E-state index contributed by atoms with van der Waals surface area (Å²) in [4.78, 5) is 30.1. The number of nitrogens with one attached hydrogen (secondary N) is 1. The maximum Gasteiger partial charge on any atom is 0.264 e. The SMILES string of the molecule is CCOc1ccccc1N(CC(=O)N(CCc1ccccc1)C(CC)C(=O)NCC(C)C)S(=O)(=O)c1ccc(SC)cc1. The number of para-hydroxylation sites is 2. The quantitative estimate of drug-likeness (QED) is 0.208. The van der Waals surface area contributed by atoms with Crippen LogP contribution >= 0.6 is 11.8 Å². The van der Waals surface area contributed by atoms with Gasteiger partial charge in [0.1, 0.15) is 18.3 Å². The van der Waals surface area contributed by atoms with Crippen molar-refractivity contribution in [1.29, 1.82) is 0 Å². The average Bonchev–Trinajstić information content (AvgIpc) is 3.01. The normalized spacial score (nSPS) is 12.0. The van der Waals surface area contributed by atoms with E-state index >= 15 is 0 Å². The van der Waals surface area contributed by atoms with E-state index in [9.17, 15) is 18.0 Å². The highest BCUT2D eigenvalue weighted by atomic mass is 32.2. The van der Waals surface area contributed by atoms with E-state index in [0.717, 1.165) is 14.8 Å². The lowest BCUT2D eigenvalue weighted by Crippen LogP contribution is -2.53. The van der Waals surface area contributed by atoms with Gasteiger partial charge in [0.05, 0.1) is 17.2 Å². The molecule has 232 valence electrons. The van der Waals surface area contributed by atoms with Crippen molar-refractivity contribution >= 4 is 39.3 Å². The molecule has 3 rings (SSSR count). The van der Waals surface area contributed by atoms with E-state index in [0.29, 0.717) is 31.7 Å². The molecule has 43 heavy (non-hydrogen) atoms. The van der Waals surface area contributed by atoms with Crippen molar-refractivity contribution in [3.63, 3.8) is 0 Å². The van der Waals surface area contributed by atoms with Gasteiger partial charge in [-0.2, -0.15) is 0 Å². The number of rotatable bonds is 16. The molecule has 0 aliphatic carbocycles. The molecular weight excluding hydrogens is 583 g/mol. The van der Waals surface area contributed by atoms with Crippen LogP contribution in [0, 0.1) is 5.92 Å². The van der Waals surface area contributed by atoms with Crippen molar-refractivity contribution in [3.8, 4) is 5.75 Å². The van der Waals surface area contributed by atoms with Crippen LogP contribution in [0.4, 0.5) is 5.69 Å². The minimum atomic E-state index is -4.19. The summed E-state index contributed by atoms with van der Waals surface area (Å²) in [5.74, 6) is -0.143. The van der Waals surface area contributed by atoms with E-state index in [4.69, 9.17) is 4.74 Å². The summed E-state index contributed by atoms with van der Waals surface area (Å²) >= 11 is 1.51. The number of sulfonamides is 1. The van der Waals surface area contributed by atoms with Crippen LogP contribution in [0.15, 0.2) is 88.7 Å². The van der Waals surface area contributed by atoms with Gasteiger partial charge >= 0.3 is 0 Å². The molecule has 0 heterocycles. The predicted molar refractivity (Wildman–Crippen MR) is 174 cm³/mol. The van der Waals surface area contributed by atoms with Gasteiger partial charge in [0.25, 0.3) is 10.0 Å². The first-order chi connectivity index (χ1) is 20.6. The van der Waals surface area contributed by atoms with Crippen LogP contribution in [0.3, 0.4) is 0 Å². The fourth-order valence-electron chi connectivity index (χ4n) is 4.65. The van der Waals surface area contributed by atoms with Gasteiger partial charge in [0, 0.05) is 18.0 Å². The first kappa shape index (κ1) is 34.0. The summed E-state index contributed by atoms with van der Waals surface area (Å²) in [7, 11) is -4.19. The number of nitrogens with zero attached hydrogens (tertiary/aromatic N) is 2. The lowest BCUT2D eigenvalue weighted by molar-refractivity contribution is -0.139. The number of thioether (sulfide) groups is 1. The maximum absolute atomic E-state index is 14.2. The van der Waals surface area contributed by atoms with Crippen molar-refractivity contribution in [1.82, 2.24) is 10.2 Å². The van der Waals surface area contributed by atoms with Gasteiger partial charge in [-0.3, -0.25) is 13.9 Å². The third-order valence-corrected chi connectivity index (χ3v) is 9.43. The molecule has 8 nitrogen and oxygen atoms in total. The van der Waals surface area contributed by atoms with Crippen LogP contribution in [-0.2, 0) is 26.0 Å². The van der Waals surface area contributed by atoms with E-state index in [2.05, 4.69) is 5.32 Å². The monoisotopic (exact) mass is 625 g/mol. The number of ether oxygens (including phenoxy) is 1. The zero-order chi connectivity index (χ0) is 31.4. The summed E-state index contributed by atoms with van der Waals surface area (Å²) in [6.07, 6.45) is 2.81. The standard InChI is InChI=1S/C33H43N3O5S2/c1-6-29(33(38)34-23-25(3)4)35(22-21-26-13-9-8-10-14-26)32(37)24-36(30-15-11-12-16-31(30)41-7-2)43(39,40)28-19-17-27(42-5)18-20-28/h8-20,25,29H,6-7,21-24H2,1-5H3,(H,34,38). The van der Waals surface area contributed by atoms with E-state index in [1.165, 1.54) is 16.7 Å². The molecule has 0 aliphatic rings. The molecule has 0 fully saturated rings. The molecule has 0 radical (unpaired) electrons. The summed E-state index contributed by atoms with van der Waals surface area (Å²) in [5, 5.41) is 2.96. The molecule has 1 unspecified atom stereocenters. The van der Waals surface area contributed by atoms with Gasteiger partial charge in [-0.25, -0.2) is 8.42 Å². The van der Waals surface area contributed by atoms with Gasteiger partial charge in [0.2, 0.25) is 11.8 Å². The number of amides is 2. The summed E-state index contributed by atoms with van der Waals surface area (Å²) < 4.78 is 35.3. The molecule has 3 aromatic carbocycles. The fraction of sp³-hybridized carbons (Fsp3) is 0.394. The second-order valence-corrected chi connectivity index (χ2v) is 13.2.